The van der Waals surface area contributed by atoms with Gasteiger partial charge >= 0.3 is 6.03 Å². The van der Waals surface area contributed by atoms with Crippen LogP contribution in [0.25, 0.3) is 5.69 Å². The number of carbonyl (C=O) groups is 1. The largest absolute Gasteiger partial charge is 0.378 e. The number of halogens is 1. The molecule has 7 heteroatoms. The van der Waals surface area contributed by atoms with Crippen LogP contribution in [0.3, 0.4) is 0 Å². The Bertz CT molecular complexity index is 930. The summed E-state index contributed by atoms with van der Waals surface area (Å²) in [5.74, 6) is -0.363. The highest BCUT2D eigenvalue weighted by Gasteiger charge is 2.03. The number of hydrogen-bond acceptors (Lipinski definition) is 3. The lowest BCUT2D eigenvalue weighted by Crippen LogP contribution is -2.24. The smallest absolute Gasteiger partial charge is 0.339 e. The highest BCUT2D eigenvalue weighted by atomic mass is 19.1. The average molecular weight is 365 g/mol. The Kier molecular flexibility index (Phi) is 5.51. The van der Waals surface area contributed by atoms with Crippen LogP contribution < -0.4 is 15.6 Å². The van der Waals surface area contributed by atoms with Gasteiger partial charge in [0.15, 0.2) is 0 Å². The molecule has 0 aliphatic carbocycles. The molecule has 0 spiro atoms. The summed E-state index contributed by atoms with van der Waals surface area (Å²) in [6.07, 6.45) is 3.48. The van der Waals surface area contributed by atoms with Gasteiger partial charge in [-0.15, -0.1) is 0 Å². The van der Waals surface area contributed by atoms with Crippen molar-refractivity contribution in [3.05, 3.63) is 78.4 Å². The van der Waals surface area contributed by atoms with Crippen molar-refractivity contribution in [3.63, 3.8) is 0 Å². The van der Waals surface area contributed by atoms with E-state index >= 15 is 0 Å². The molecule has 1 heterocycles. The third-order valence-electron chi connectivity index (χ3n) is 3.89. The van der Waals surface area contributed by atoms with Crippen molar-refractivity contribution in [3.8, 4) is 5.69 Å². The van der Waals surface area contributed by atoms with E-state index in [4.69, 9.17) is 0 Å². The number of hydrogen-bond donors (Lipinski definition) is 2. The van der Waals surface area contributed by atoms with Gasteiger partial charge in [-0.3, -0.25) is 0 Å². The molecule has 0 unspecified atom stereocenters. The Balaban J connectivity index is 1.63. The SMILES string of the molecule is CN(C)c1ccc(-n2cccc2C=NNC(=O)Nc2ccc(F)cc2)cc1. The van der Waals surface area contributed by atoms with E-state index in [2.05, 4.69) is 15.8 Å². The summed E-state index contributed by atoms with van der Waals surface area (Å²) >= 11 is 0. The van der Waals surface area contributed by atoms with Crippen LogP contribution in [0.15, 0.2) is 72.0 Å². The van der Waals surface area contributed by atoms with E-state index in [0.29, 0.717) is 5.69 Å². The van der Waals surface area contributed by atoms with Crippen molar-refractivity contribution in [1.29, 1.82) is 0 Å². The van der Waals surface area contributed by atoms with Crippen LogP contribution in [0.2, 0.25) is 0 Å². The van der Waals surface area contributed by atoms with Crippen LogP contribution in [0.4, 0.5) is 20.6 Å². The molecule has 138 valence electrons. The Labute approximate surface area is 156 Å². The second-order valence-electron chi connectivity index (χ2n) is 6.04. The fraction of sp³-hybridized carbons (Fsp3) is 0.100. The molecule has 0 aliphatic rings. The van der Waals surface area contributed by atoms with Crippen LogP contribution in [-0.2, 0) is 0 Å². The van der Waals surface area contributed by atoms with Crippen LogP contribution in [0, 0.1) is 5.82 Å². The zero-order valence-electron chi connectivity index (χ0n) is 15.1. The zero-order valence-corrected chi connectivity index (χ0v) is 15.1. The Morgan fingerprint density at radius 3 is 2.44 bits per heavy atom. The number of amides is 2. The molecular formula is C20H20FN5O. The molecule has 0 aliphatic heterocycles. The van der Waals surface area contributed by atoms with Gasteiger partial charge in [0.25, 0.3) is 0 Å². The lowest BCUT2D eigenvalue weighted by molar-refractivity contribution is 0.252. The molecule has 3 rings (SSSR count). The first-order valence-electron chi connectivity index (χ1n) is 8.34. The molecule has 0 radical (unpaired) electrons. The second kappa shape index (κ2) is 8.18. The first kappa shape index (κ1) is 18.2. The standard InChI is InChI=1S/C20H20FN5O/c1-25(2)17-9-11-18(12-10-17)26-13-3-4-19(26)14-22-24-20(27)23-16-7-5-15(21)6-8-16/h3-14H,1-2H3,(H2,23,24,27). The predicted octanol–water partition coefficient (Wildman–Crippen LogP) is 3.84. The van der Waals surface area contributed by atoms with Crippen molar-refractivity contribution < 1.29 is 9.18 Å². The number of anilines is 2. The predicted molar refractivity (Wildman–Crippen MR) is 106 cm³/mol. The molecule has 2 aromatic carbocycles. The monoisotopic (exact) mass is 365 g/mol. The van der Waals surface area contributed by atoms with Crippen molar-refractivity contribution in [2.75, 3.05) is 24.3 Å². The molecule has 6 nitrogen and oxygen atoms in total. The number of urea groups is 1. The third-order valence-corrected chi connectivity index (χ3v) is 3.89. The van der Waals surface area contributed by atoms with Gasteiger partial charge in [-0.05, 0) is 60.7 Å². The highest BCUT2D eigenvalue weighted by molar-refractivity contribution is 5.90. The van der Waals surface area contributed by atoms with Gasteiger partial charge in [-0.25, -0.2) is 14.6 Å². The summed E-state index contributed by atoms with van der Waals surface area (Å²) in [4.78, 5) is 13.9. The number of rotatable bonds is 5. The summed E-state index contributed by atoms with van der Waals surface area (Å²) in [6, 6.07) is 16.9. The van der Waals surface area contributed by atoms with Crippen molar-refractivity contribution in [2.24, 2.45) is 5.10 Å². The van der Waals surface area contributed by atoms with Crippen LogP contribution in [-0.4, -0.2) is 30.9 Å². The molecule has 0 saturated carbocycles. The Morgan fingerprint density at radius 2 is 1.78 bits per heavy atom. The molecule has 2 amide bonds. The summed E-state index contributed by atoms with van der Waals surface area (Å²) in [5.41, 5.74) is 5.79. The number of benzene rings is 2. The number of hydrazone groups is 1. The molecule has 3 aromatic rings. The normalized spacial score (nSPS) is 10.8. The van der Waals surface area contributed by atoms with E-state index in [1.165, 1.54) is 24.3 Å². The minimum absolute atomic E-state index is 0.363. The van der Waals surface area contributed by atoms with Crippen LogP contribution >= 0.6 is 0 Å². The van der Waals surface area contributed by atoms with E-state index in [0.717, 1.165) is 17.1 Å². The average Bonchev–Trinajstić information content (AvgIpc) is 3.12. The quantitative estimate of drug-likeness (QED) is 0.533. The minimum atomic E-state index is -0.508. The van der Waals surface area contributed by atoms with Gasteiger partial charge in [0.2, 0.25) is 0 Å². The second-order valence-corrected chi connectivity index (χ2v) is 6.04. The minimum Gasteiger partial charge on any atom is -0.378 e. The fourth-order valence-corrected chi connectivity index (χ4v) is 2.50. The van der Waals surface area contributed by atoms with Crippen molar-refractivity contribution >= 4 is 23.6 Å². The lowest BCUT2D eigenvalue weighted by atomic mass is 10.2. The van der Waals surface area contributed by atoms with E-state index in [9.17, 15) is 9.18 Å². The maximum Gasteiger partial charge on any atom is 0.339 e. The Hall–Kier alpha value is -3.61. The highest BCUT2D eigenvalue weighted by Crippen LogP contribution is 2.17. The van der Waals surface area contributed by atoms with Gasteiger partial charge in [0.1, 0.15) is 5.82 Å². The molecule has 1 aromatic heterocycles. The topological polar surface area (TPSA) is 61.7 Å². The zero-order chi connectivity index (χ0) is 19.2. The van der Waals surface area contributed by atoms with Crippen molar-refractivity contribution in [2.45, 2.75) is 0 Å². The number of carbonyl (C=O) groups excluding carboxylic acids is 1. The molecule has 0 atom stereocenters. The summed E-state index contributed by atoms with van der Waals surface area (Å²) in [7, 11) is 3.98. The molecule has 0 bridgehead atoms. The van der Waals surface area contributed by atoms with Gasteiger partial charge in [0.05, 0.1) is 11.9 Å². The molecule has 27 heavy (non-hydrogen) atoms. The van der Waals surface area contributed by atoms with Gasteiger partial charge < -0.3 is 14.8 Å². The van der Waals surface area contributed by atoms with E-state index in [1.807, 2.05) is 66.2 Å². The maximum absolute atomic E-state index is 12.9. The third kappa shape index (κ3) is 4.72. The first-order chi connectivity index (χ1) is 13.0. The summed E-state index contributed by atoms with van der Waals surface area (Å²) < 4.78 is 14.8. The van der Waals surface area contributed by atoms with E-state index in [1.54, 1.807) is 6.21 Å². The first-order valence-corrected chi connectivity index (χ1v) is 8.34. The van der Waals surface area contributed by atoms with Crippen molar-refractivity contribution in [1.82, 2.24) is 9.99 Å². The molecule has 0 saturated heterocycles. The van der Waals surface area contributed by atoms with Crippen LogP contribution in [0.1, 0.15) is 5.69 Å². The number of nitrogens with one attached hydrogen (secondary N) is 2. The van der Waals surface area contributed by atoms with Gasteiger partial charge in [-0.2, -0.15) is 5.10 Å². The maximum atomic E-state index is 12.9. The summed E-state index contributed by atoms with van der Waals surface area (Å²) in [5, 5.41) is 6.54. The molecule has 2 N–H and O–H groups in total. The lowest BCUT2D eigenvalue weighted by Gasteiger charge is -2.13. The molecular weight excluding hydrogens is 345 g/mol. The fourth-order valence-electron chi connectivity index (χ4n) is 2.50. The van der Waals surface area contributed by atoms with E-state index in [-0.39, 0.29) is 5.82 Å². The van der Waals surface area contributed by atoms with Crippen LogP contribution in [0.5, 0.6) is 0 Å². The summed E-state index contributed by atoms with van der Waals surface area (Å²) in [6.45, 7) is 0. The van der Waals surface area contributed by atoms with E-state index < -0.39 is 6.03 Å². The number of aromatic nitrogens is 1. The Morgan fingerprint density at radius 1 is 1.07 bits per heavy atom. The van der Waals surface area contributed by atoms with Gasteiger partial charge in [0, 0.05) is 37.4 Å². The molecule has 0 fully saturated rings. The van der Waals surface area contributed by atoms with Gasteiger partial charge in [-0.1, -0.05) is 0 Å². The number of nitrogens with zero attached hydrogens (tertiary/aromatic N) is 3.